The summed E-state index contributed by atoms with van der Waals surface area (Å²) < 4.78 is 37.8. The van der Waals surface area contributed by atoms with Crippen LogP contribution < -0.4 is 10.6 Å². The second-order valence-electron chi connectivity index (χ2n) is 3.17. The fraction of sp³-hybridized carbons (Fsp3) is 0.500. The molecular formula is C8H9F3N4. The fourth-order valence-electron chi connectivity index (χ4n) is 1.51. The lowest BCUT2D eigenvalue weighted by molar-refractivity contribution is -0.141. The standard InChI is InChI=1S/C8H9F3N4/c1-12-7-14-5-3-13-2-4(5)6(15-7)8(9,10)11/h13H,2-3H2,1H3,(H,12,14,15). The van der Waals surface area contributed by atoms with E-state index in [1.165, 1.54) is 7.05 Å². The minimum atomic E-state index is -4.43. The van der Waals surface area contributed by atoms with Crippen LogP contribution in [-0.4, -0.2) is 17.0 Å². The van der Waals surface area contributed by atoms with Gasteiger partial charge in [0.25, 0.3) is 0 Å². The van der Waals surface area contributed by atoms with Crippen LogP contribution in [0.2, 0.25) is 0 Å². The Balaban J connectivity index is 2.57. The smallest absolute Gasteiger partial charge is 0.357 e. The van der Waals surface area contributed by atoms with E-state index in [1.54, 1.807) is 0 Å². The molecule has 1 aliphatic rings. The second kappa shape index (κ2) is 3.34. The highest BCUT2D eigenvalue weighted by Gasteiger charge is 2.38. The van der Waals surface area contributed by atoms with E-state index in [0.717, 1.165) is 0 Å². The minimum Gasteiger partial charge on any atom is -0.357 e. The normalized spacial score (nSPS) is 15.2. The Kier molecular flexibility index (Phi) is 2.26. The maximum atomic E-state index is 12.6. The lowest BCUT2D eigenvalue weighted by Gasteiger charge is -2.11. The lowest BCUT2D eigenvalue weighted by Crippen LogP contribution is -2.15. The van der Waals surface area contributed by atoms with Crippen molar-refractivity contribution >= 4 is 5.95 Å². The summed E-state index contributed by atoms with van der Waals surface area (Å²) in [5, 5.41) is 5.34. The number of rotatable bonds is 1. The maximum Gasteiger partial charge on any atom is 0.433 e. The van der Waals surface area contributed by atoms with Crippen LogP contribution >= 0.6 is 0 Å². The molecule has 0 saturated carbocycles. The first-order valence-corrected chi connectivity index (χ1v) is 4.38. The number of halogens is 3. The van der Waals surface area contributed by atoms with E-state index in [2.05, 4.69) is 20.6 Å². The molecule has 0 atom stereocenters. The van der Waals surface area contributed by atoms with Crippen LogP contribution in [-0.2, 0) is 19.3 Å². The molecule has 82 valence electrons. The highest BCUT2D eigenvalue weighted by Crippen LogP contribution is 2.33. The summed E-state index contributed by atoms with van der Waals surface area (Å²) >= 11 is 0. The van der Waals surface area contributed by atoms with E-state index in [1.807, 2.05) is 0 Å². The number of alkyl halides is 3. The topological polar surface area (TPSA) is 49.8 Å². The van der Waals surface area contributed by atoms with Gasteiger partial charge in [0, 0.05) is 25.7 Å². The molecule has 4 nitrogen and oxygen atoms in total. The molecule has 15 heavy (non-hydrogen) atoms. The van der Waals surface area contributed by atoms with Gasteiger partial charge in [-0.15, -0.1) is 0 Å². The third-order valence-electron chi connectivity index (χ3n) is 2.18. The van der Waals surface area contributed by atoms with Gasteiger partial charge in [-0.1, -0.05) is 0 Å². The summed E-state index contributed by atoms with van der Waals surface area (Å²) in [6.07, 6.45) is -4.43. The van der Waals surface area contributed by atoms with Crippen LogP contribution in [0, 0.1) is 0 Å². The summed E-state index contributed by atoms with van der Waals surface area (Å²) in [5.41, 5.74) is -0.273. The monoisotopic (exact) mass is 218 g/mol. The summed E-state index contributed by atoms with van der Waals surface area (Å²) in [6, 6.07) is 0. The first kappa shape index (κ1) is 10.2. The zero-order valence-electron chi connectivity index (χ0n) is 7.94. The summed E-state index contributed by atoms with van der Waals surface area (Å²) in [6.45, 7) is 0.532. The van der Waals surface area contributed by atoms with Gasteiger partial charge in [-0.3, -0.25) is 0 Å². The quantitative estimate of drug-likeness (QED) is 0.742. The molecule has 0 spiro atoms. The van der Waals surface area contributed by atoms with E-state index in [0.29, 0.717) is 12.2 Å². The van der Waals surface area contributed by atoms with Crippen LogP contribution in [0.3, 0.4) is 0 Å². The molecule has 0 amide bonds. The third kappa shape index (κ3) is 1.74. The molecule has 2 N–H and O–H groups in total. The number of anilines is 1. The van der Waals surface area contributed by atoms with E-state index in [-0.39, 0.29) is 18.1 Å². The van der Waals surface area contributed by atoms with Gasteiger partial charge in [-0.2, -0.15) is 13.2 Å². The predicted octanol–water partition coefficient (Wildman–Crippen LogP) is 1.14. The number of aromatic nitrogens is 2. The van der Waals surface area contributed by atoms with Crippen molar-refractivity contribution in [2.24, 2.45) is 0 Å². The molecule has 1 aliphatic heterocycles. The first-order chi connectivity index (χ1) is 7.02. The number of fused-ring (bicyclic) bond motifs is 1. The molecule has 1 aromatic heterocycles. The Morgan fingerprint density at radius 2 is 2.00 bits per heavy atom. The maximum absolute atomic E-state index is 12.6. The van der Waals surface area contributed by atoms with Crippen molar-refractivity contribution in [3.05, 3.63) is 17.0 Å². The molecule has 0 saturated heterocycles. The summed E-state index contributed by atoms with van der Waals surface area (Å²) in [7, 11) is 1.49. The molecule has 0 bridgehead atoms. The molecule has 0 unspecified atom stereocenters. The Morgan fingerprint density at radius 1 is 1.27 bits per heavy atom. The van der Waals surface area contributed by atoms with Crippen LogP contribution in [0.1, 0.15) is 17.0 Å². The van der Waals surface area contributed by atoms with Gasteiger partial charge < -0.3 is 10.6 Å². The van der Waals surface area contributed by atoms with Gasteiger partial charge in [0.05, 0.1) is 5.69 Å². The largest absolute Gasteiger partial charge is 0.433 e. The van der Waals surface area contributed by atoms with Gasteiger partial charge in [0.15, 0.2) is 5.69 Å². The van der Waals surface area contributed by atoms with Gasteiger partial charge in [0.2, 0.25) is 5.95 Å². The Morgan fingerprint density at radius 3 is 2.60 bits per heavy atom. The summed E-state index contributed by atoms with van der Waals surface area (Å²) in [4.78, 5) is 7.41. The Labute approximate surface area is 83.9 Å². The van der Waals surface area contributed by atoms with Gasteiger partial charge in [0.1, 0.15) is 0 Å². The molecule has 2 heterocycles. The summed E-state index contributed by atoms with van der Waals surface area (Å²) in [5.74, 6) is 0.00442. The van der Waals surface area contributed by atoms with E-state index in [4.69, 9.17) is 0 Å². The zero-order chi connectivity index (χ0) is 11.1. The minimum absolute atomic E-state index is 0.00442. The predicted molar refractivity (Wildman–Crippen MR) is 47.1 cm³/mol. The molecule has 0 radical (unpaired) electrons. The first-order valence-electron chi connectivity index (χ1n) is 4.38. The average molecular weight is 218 g/mol. The highest BCUT2D eigenvalue weighted by molar-refractivity contribution is 5.37. The van der Waals surface area contributed by atoms with Crippen molar-refractivity contribution in [2.75, 3.05) is 12.4 Å². The van der Waals surface area contributed by atoms with E-state index >= 15 is 0 Å². The molecule has 1 aromatic rings. The molecule has 0 fully saturated rings. The SMILES string of the molecule is CNc1nc2c(c(C(F)(F)F)n1)CNC2. The number of hydrogen-bond acceptors (Lipinski definition) is 4. The zero-order valence-corrected chi connectivity index (χ0v) is 7.94. The molecule has 2 rings (SSSR count). The van der Waals surface area contributed by atoms with Crippen LogP contribution in [0.5, 0.6) is 0 Å². The molecule has 0 aliphatic carbocycles. The Hall–Kier alpha value is -1.37. The van der Waals surface area contributed by atoms with Gasteiger partial charge in [-0.05, 0) is 0 Å². The van der Waals surface area contributed by atoms with Crippen LogP contribution in [0.25, 0.3) is 0 Å². The van der Waals surface area contributed by atoms with Crippen LogP contribution in [0.15, 0.2) is 0 Å². The van der Waals surface area contributed by atoms with Crippen LogP contribution in [0.4, 0.5) is 19.1 Å². The van der Waals surface area contributed by atoms with Crippen molar-refractivity contribution in [1.82, 2.24) is 15.3 Å². The highest BCUT2D eigenvalue weighted by atomic mass is 19.4. The number of nitrogens with zero attached hydrogens (tertiary/aromatic N) is 2. The average Bonchev–Trinajstić information content (AvgIpc) is 2.61. The van der Waals surface area contributed by atoms with Gasteiger partial charge >= 0.3 is 6.18 Å². The fourth-order valence-corrected chi connectivity index (χ4v) is 1.51. The number of nitrogens with one attached hydrogen (secondary N) is 2. The lowest BCUT2D eigenvalue weighted by atomic mass is 10.2. The van der Waals surface area contributed by atoms with Crippen molar-refractivity contribution in [3.8, 4) is 0 Å². The van der Waals surface area contributed by atoms with Crippen molar-refractivity contribution < 1.29 is 13.2 Å². The molecular weight excluding hydrogens is 209 g/mol. The number of hydrogen-bond donors (Lipinski definition) is 2. The van der Waals surface area contributed by atoms with Crippen molar-refractivity contribution in [2.45, 2.75) is 19.3 Å². The Bertz CT molecular complexity index is 388. The van der Waals surface area contributed by atoms with Crippen molar-refractivity contribution in [1.29, 1.82) is 0 Å². The molecule has 7 heteroatoms. The van der Waals surface area contributed by atoms with Crippen molar-refractivity contribution in [3.63, 3.8) is 0 Å². The second-order valence-corrected chi connectivity index (χ2v) is 3.17. The molecule has 0 aromatic carbocycles. The van der Waals surface area contributed by atoms with E-state index < -0.39 is 11.9 Å². The van der Waals surface area contributed by atoms with Gasteiger partial charge in [-0.25, -0.2) is 9.97 Å². The third-order valence-corrected chi connectivity index (χ3v) is 2.18. The van der Waals surface area contributed by atoms with E-state index in [9.17, 15) is 13.2 Å².